The van der Waals surface area contributed by atoms with Crippen LogP contribution < -0.4 is 10.9 Å². The lowest BCUT2D eigenvalue weighted by molar-refractivity contribution is 0.190. The second-order valence-electron chi connectivity index (χ2n) is 7.28. The predicted molar refractivity (Wildman–Crippen MR) is 89.8 cm³/mol. The molecule has 2 aromatic rings. The van der Waals surface area contributed by atoms with Gasteiger partial charge in [-0.05, 0) is 14.0 Å². The van der Waals surface area contributed by atoms with E-state index in [2.05, 4.69) is 30.3 Å². The molecule has 8 heteroatoms. The summed E-state index contributed by atoms with van der Waals surface area (Å²) in [7, 11) is 2.03. The van der Waals surface area contributed by atoms with Crippen molar-refractivity contribution in [3.63, 3.8) is 0 Å². The number of H-pyrrole nitrogens is 1. The molecule has 0 amide bonds. The first-order valence-electron chi connectivity index (χ1n) is 8.13. The molecular weight excluding hydrogens is 308 g/mol. The molecular formula is C16H24N6O2. The molecule has 0 aliphatic carbocycles. The fourth-order valence-corrected chi connectivity index (χ4v) is 2.76. The Morgan fingerprint density at radius 1 is 1.29 bits per heavy atom. The number of hydrogen-bond acceptors (Lipinski definition) is 7. The Labute approximate surface area is 140 Å². The Balaban J connectivity index is 1.97. The van der Waals surface area contributed by atoms with Crippen molar-refractivity contribution in [1.29, 1.82) is 0 Å². The average molecular weight is 332 g/mol. The number of aromatic nitrogens is 4. The van der Waals surface area contributed by atoms with Crippen LogP contribution in [0.4, 0.5) is 0 Å². The van der Waals surface area contributed by atoms with E-state index in [1.54, 1.807) is 6.92 Å². The monoisotopic (exact) mass is 332 g/mol. The molecule has 0 saturated carbocycles. The predicted octanol–water partition coefficient (Wildman–Crippen LogP) is 1.00. The number of rotatable bonds is 2. The fourth-order valence-electron chi connectivity index (χ4n) is 2.76. The van der Waals surface area contributed by atoms with Gasteiger partial charge in [-0.1, -0.05) is 25.9 Å². The van der Waals surface area contributed by atoms with Crippen molar-refractivity contribution >= 4 is 0 Å². The third-order valence-corrected chi connectivity index (χ3v) is 4.28. The molecule has 1 aliphatic heterocycles. The number of nitrogens with one attached hydrogen (secondary N) is 2. The Hall–Kier alpha value is -2.06. The van der Waals surface area contributed by atoms with Crippen molar-refractivity contribution < 1.29 is 4.52 Å². The summed E-state index contributed by atoms with van der Waals surface area (Å²) in [5, 5.41) is 7.39. The minimum absolute atomic E-state index is 0.0393. The van der Waals surface area contributed by atoms with Crippen LogP contribution in [0.2, 0.25) is 0 Å². The highest BCUT2D eigenvalue weighted by Gasteiger charge is 2.27. The lowest BCUT2D eigenvalue weighted by Crippen LogP contribution is -2.44. The third kappa shape index (κ3) is 3.11. The lowest BCUT2D eigenvalue weighted by Gasteiger charge is -2.30. The number of likely N-dealkylation sites (N-methyl/N-ethyl adjacent to an activating group) is 1. The van der Waals surface area contributed by atoms with Crippen LogP contribution >= 0.6 is 0 Å². The van der Waals surface area contributed by atoms with Crippen LogP contribution in [0.3, 0.4) is 0 Å². The van der Waals surface area contributed by atoms with Gasteiger partial charge in [0.25, 0.3) is 11.4 Å². The molecule has 130 valence electrons. The van der Waals surface area contributed by atoms with Gasteiger partial charge in [0.05, 0.1) is 11.7 Å². The number of hydrogen-bond donors (Lipinski definition) is 2. The van der Waals surface area contributed by atoms with Crippen LogP contribution in [0.5, 0.6) is 0 Å². The van der Waals surface area contributed by atoms with Gasteiger partial charge in [0.2, 0.25) is 0 Å². The zero-order valence-electron chi connectivity index (χ0n) is 14.8. The molecule has 8 nitrogen and oxygen atoms in total. The smallest absolute Gasteiger partial charge is 0.265 e. The first-order chi connectivity index (χ1) is 11.3. The van der Waals surface area contributed by atoms with E-state index in [0.717, 1.165) is 19.6 Å². The summed E-state index contributed by atoms with van der Waals surface area (Å²) in [4.78, 5) is 26.5. The maximum absolute atomic E-state index is 12.5. The molecule has 1 aliphatic rings. The first kappa shape index (κ1) is 16.8. The highest BCUT2D eigenvalue weighted by molar-refractivity contribution is 5.54. The van der Waals surface area contributed by atoms with Gasteiger partial charge >= 0.3 is 0 Å². The van der Waals surface area contributed by atoms with E-state index in [4.69, 9.17) is 4.52 Å². The zero-order valence-corrected chi connectivity index (χ0v) is 14.8. The maximum Gasteiger partial charge on any atom is 0.265 e. The minimum Gasteiger partial charge on any atom is -0.334 e. The van der Waals surface area contributed by atoms with Gasteiger partial charge in [-0.2, -0.15) is 4.98 Å². The second kappa shape index (κ2) is 6.10. The highest BCUT2D eigenvalue weighted by Crippen LogP contribution is 2.24. The highest BCUT2D eigenvalue weighted by atomic mass is 16.5. The molecule has 3 heterocycles. The van der Waals surface area contributed by atoms with Crippen molar-refractivity contribution in [2.24, 2.45) is 0 Å². The van der Waals surface area contributed by atoms with Gasteiger partial charge < -0.3 is 14.8 Å². The van der Waals surface area contributed by atoms with Crippen molar-refractivity contribution in [2.45, 2.75) is 39.2 Å². The Kier molecular flexibility index (Phi) is 4.27. The number of aryl methyl sites for hydroxylation is 1. The van der Waals surface area contributed by atoms with Crippen LogP contribution in [-0.4, -0.2) is 51.7 Å². The summed E-state index contributed by atoms with van der Waals surface area (Å²) in [6.07, 6.45) is 0. The average Bonchev–Trinajstić information content (AvgIpc) is 2.95. The largest absolute Gasteiger partial charge is 0.334 e. The molecule has 0 bridgehead atoms. The zero-order chi connectivity index (χ0) is 17.5. The Bertz CT molecular complexity index is 789. The summed E-state index contributed by atoms with van der Waals surface area (Å²) in [6.45, 7) is 10.4. The summed E-state index contributed by atoms with van der Waals surface area (Å²) >= 11 is 0. The quantitative estimate of drug-likeness (QED) is 0.846. The molecule has 1 fully saturated rings. The molecule has 2 aromatic heterocycles. The maximum atomic E-state index is 12.5. The second-order valence-corrected chi connectivity index (χ2v) is 7.28. The van der Waals surface area contributed by atoms with E-state index >= 15 is 0 Å². The Morgan fingerprint density at radius 3 is 2.67 bits per heavy atom. The van der Waals surface area contributed by atoms with Crippen molar-refractivity contribution in [3.8, 4) is 11.5 Å². The molecule has 24 heavy (non-hydrogen) atoms. The molecule has 2 N–H and O–H groups in total. The Morgan fingerprint density at radius 2 is 2.04 bits per heavy atom. The summed E-state index contributed by atoms with van der Waals surface area (Å²) in [6, 6.07) is 0.0393. The van der Waals surface area contributed by atoms with E-state index in [1.165, 1.54) is 0 Å². The normalized spacial score (nSPS) is 19.6. The van der Waals surface area contributed by atoms with Crippen LogP contribution in [0, 0.1) is 6.92 Å². The molecule has 1 saturated heterocycles. The molecule has 0 aromatic carbocycles. The number of aromatic amines is 1. The summed E-state index contributed by atoms with van der Waals surface area (Å²) < 4.78 is 5.36. The van der Waals surface area contributed by atoms with Crippen LogP contribution in [0.25, 0.3) is 11.5 Å². The van der Waals surface area contributed by atoms with E-state index < -0.39 is 0 Å². The van der Waals surface area contributed by atoms with Gasteiger partial charge in [-0.3, -0.25) is 9.69 Å². The van der Waals surface area contributed by atoms with Gasteiger partial charge in [0, 0.05) is 25.0 Å². The molecule has 1 unspecified atom stereocenters. The van der Waals surface area contributed by atoms with Gasteiger partial charge in [-0.15, -0.1) is 0 Å². The molecule has 1 atom stereocenters. The van der Waals surface area contributed by atoms with Gasteiger partial charge in [-0.25, -0.2) is 4.98 Å². The first-order valence-corrected chi connectivity index (χ1v) is 8.13. The van der Waals surface area contributed by atoms with Gasteiger partial charge in [0.15, 0.2) is 5.82 Å². The van der Waals surface area contributed by atoms with Crippen molar-refractivity contribution in [2.75, 3.05) is 26.7 Å². The standard InChI is InChI=1S/C16H24N6O2/c1-9-11(13(23)20-15(18-9)16(2,3)4)14-19-12(21-24-14)10-8-17-6-7-22(10)5/h10,17H,6-8H2,1-5H3,(H,18,20,23). The minimum atomic E-state index is -0.252. The third-order valence-electron chi connectivity index (χ3n) is 4.28. The van der Waals surface area contributed by atoms with Crippen LogP contribution in [0.1, 0.15) is 44.2 Å². The van der Waals surface area contributed by atoms with Gasteiger partial charge in [0.1, 0.15) is 11.4 Å². The SMILES string of the molecule is Cc1nc(C(C)(C)C)[nH]c(=O)c1-c1nc(C2CNCCN2C)no1. The van der Waals surface area contributed by atoms with Crippen LogP contribution in [0.15, 0.2) is 9.32 Å². The van der Waals surface area contributed by atoms with E-state index in [0.29, 0.717) is 22.9 Å². The molecule has 0 spiro atoms. The van der Waals surface area contributed by atoms with Crippen molar-refractivity contribution in [1.82, 2.24) is 30.3 Å². The van der Waals surface area contributed by atoms with E-state index in [-0.39, 0.29) is 22.9 Å². The topological polar surface area (TPSA) is 99.9 Å². The number of piperazine rings is 1. The van der Waals surface area contributed by atoms with E-state index in [9.17, 15) is 4.79 Å². The van der Waals surface area contributed by atoms with Crippen molar-refractivity contribution in [3.05, 3.63) is 27.7 Å². The fraction of sp³-hybridized carbons (Fsp3) is 0.625. The number of nitrogens with zero attached hydrogens (tertiary/aromatic N) is 4. The molecule has 0 radical (unpaired) electrons. The molecule has 3 rings (SSSR count). The summed E-state index contributed by atoms with van der Waals surface area (Å²) in [5.74, 6) is 1.44. The summed E-state index contributed by atoms with van der Waals surface area (Å²) in [5.41, 5.74) is 0.443. The lowest BCUT2D eigenvalue weighted by atomic mass is 9.95. The van der Waals surface area contributed by atoms with E-state index in [1.807, 2.05) is 27.8 Å². The van der Waals surface area contributed by atoms with Crippen LogP contribution in [-0.2, 0) is 5.41 Å².